The Hall–Kier alpha value is -0.860. The fourth-order valence-electron chi connectivity index (χ4n) is 5.27. The molecule has 0 saturated carbocycles. The molecule has 0 bridgehead atoms. The zero-order valence-corrected chi connectivity index (χ0v) is 25.6. The Bertz CT molecular complexity index is 479. The van der Waals surface area contributed by atoms with Gasteiger partial charge in [-0.15, -0.1) is 0 Å². The molecular formula is C34H66O3. The van der Waals surface area contributed by atoms with Crippen molar-refractivity contribution in [1.29, 1.82) is 0 Å². The number of carbonyl (C=O) groups is 2. The standard InChI is InChI=1S/C34H66O3/c1-4-7-10-11-12-13-14-15-17-20-28-33(35)29-21-18-16-19-22-30-34(36)37-31-24-23-27-32(25-8-5-2)26-9-6-3/h32H,4-31H2,1-3H3. The highest BCUT2D eigenvalue weighted by atomic mass is 16.5. The van der Waals surface area contributed by atoms with Gasteiger partial charge in [0.25, 0.3) is 0 Å². The van der Waals surface area contributed by atoms with Gasteiger partial charge < -0.3 is 4.74 Å². The lowest BCUT2D eigenvalue weighted by molar-refractivity contribution is -0.143. The monoisotopic (exact) mass is 523 g/mol. The van der Waals surface area contributed by atoms with Crippen molar-refractivity contribution in [2.75, 3.05) is 6.61 Å². The van der Waals surface area contributed by atoms with E-state index >= 15 is 0 Å². The molecule has 0 aromatic heterocycles. The highest BCUT2D eigenvalue weighted by molar-refractivity contribution is 5.78. The van der Waals surface area contributed by atoms with E-state index in [-0.39, 0.29) is 5.97 Å². The molecule has 0 aliphatic heterocycles. The van der Waals surface area contributed by atoms with Crippen molar-refractivity contribution in [3.8, 4) is 0 Å². The van der Waals surface area contributed by atoms with E-state index in [4.69, 9.17) is 4.74 Å². The van der Waals surface area contributed by atoms with E-state index in [0.29, 0.717) is 18.8 Å². The van der Waals surface area contributed by atoms with Gasteiger partial charge in [0.1, 0.15) is 5.78 Å². The molecule has 3 heteroatoms. The molecule has 0 heterocycles. The first-order valence-electron chi connectivity index (χ1n) is 16.8. The van der Waals surface area contributed by atoms with Crippen LogP contribution in [0.5, 0.6) is 0 Å². The highest BCUT2D eigenvalue weighted by Crippen LogP contribution is 2.22. The number of carbonyl (C=O) groups excluding carboxylic acids is 2. The lowest BCUT2D eigenvalue weighted by Gasteiger charge is -2.16. The summed E-state index contributed by atoms with van der Waals surface area (Å²) in [6, 6.07) is 0. The zero-order valence-electron chi connectivity index (χ0n) is 25.6. The van der Waals surface area contributed by atoms with Gasteiger partial charge in [0.2, 0.25) is 0 Å². The van der Waals surface area contributed by atoms with E-state index in [9.17, 15) is 9.59 Å². The van der Waals surface area contributed by atoms with Gasteiger partial charge in [-0.2, -0.15) is 0 Å². The van der Waals surface area contributed by atoms with Crippen LogP contribution in [-0.2, 0) is 14.3 Å². The van der Waals surface area contributed by atoms with Crippen LogP contribution in [0.3, 0.4) is 0 Å². The van der Waals surface area contributed by atoms with Gasteiger partial charge in [-0.3, -0.25) is 9.59 Å². The van der Waals surface area contributed by atoms with Crippen molar-refractivity contribution in [3.63, 3.8) is 0 Å². The van der Waals surface area contributed by atoms with E-state index in [2.05, 4.69) is 20.8 Å². The van der Waals surface area contributed by atoms with Crippen molar-refractivity contribution in [1.82, 2.24) is 0 Å². The fraction of sp³-hybridized carbons (Fsp3) is 0.941. The lowest BCUT2D eigenvalue weighted by Crippen LogP contribution is -2.07. The topological polar surface area (TPSA) is 43.4 Å². The van der Waals surface area contributed by atoms with E-state index in [1.54, 1.807) is 0 Å². The Morgan fingerprint density at radius 1 is 0.459 bits per heavy atom. The van der Waals surface area contributed by atoms with E-state index < -0.39 is 0 Å². The molecule has 0 rings (SSSR count). The van der Waals surface area contributed by atoms with Crippen molar-refractivity contribution < 1.29 is 14.3 Å². The second kappa shape index (κ2) is 29.7. The van der Waals surface area contributed by atoms with Crippen molar-refractivity contribution in [2.24, 2.45) is 5.92 Å². The van der Waals surface area contributed by atoms with E-state index in [0.717, 1.165) is 63.7 Å². The predicted molar refractivity (Wildman–Crippen MR) is 161 cm³/mol. The summed E-state index contributed by atoms with van der Waals surface area (Å²) in [5, 5.41) is 0. The first-order chi connectivity index (χ1) is 18.1. The average molecular weight is 523 g/mol. The smallest absolute Gasteiger partial charge is 0.305 e. The molecule has 0 aliphatic rings. The van der Waals surface area contributed by atoms with Gasteiger partial charge in [-0.1, -0.05) is 143 Å². The third kappa shape index (κ3) is 28.0. The summed E-state index contributed by atoms with van der Waals surface area (Å²) < 4.78 is 5.45. The van der Waals surface area contributed by atoms with Crippen LogP contribution >= 0.6 is 0 Å². The van der Waals surface area contributed by atoms with Gasteiger partial charge in [0.05, 0.1) is 6.61 Å². The zero-order chi connectivity index (χ0) is 27.2. The van der Waals surface area contributed by atoms with E-state index in [1.165, 1.54) is 109 Å². The third-order valence-electron chi connectivity index (χ3n) is 7.85. The summed E-state index contributed by atoms with van der Waals surface area (Å²) in [6.07, 6.45) is 32.0. The summed E-state index contributed by atoms with van der Waals surface area (Å²) in [5.41, 5.74) is 0. The van der Waals surface area contributed by atoms with Crippen LogP contribution in [0.1, 0.15) is 194 Å². The Morgan fingerprint density at radius 3 is 1.35 bits per heavy atom. The molecule has 0 spiro atoms. The molecule has 3 nitrogen and oxygen atoms in total. The van der Waals surface area contributed by atoms with Crippen LogP contribution in [0.25, 0.3) is 0 Å². The Kier molecular flexibility index (Phi) is 29.0. The number of ether oxygens (including phenoxy) is 1. The van der Waals surface area contributed by atoms with Crippen LogP contribution in [0.15, 0.2) is 0 Å². The number of unbranched alkanes of at least 4 members (excludes halogenated alkanes) is 16. The molecule has 220 valence electrons. The van der Waals surface area contributed by atoms with Crippen LogP contribution in [0.4, 0.5) is 0 Å². The minimum absolute atomic E-state index is 0.0276. The Balaban J connectivity index is 3.44. The van der Waals surface area contributed by atoms with Gasteiger partial charge in [0.15, 0.2) is 0 Å². The van der Waals surface area contributed by atoms with Crippen molar-refractivity contribution in [3.05, 3.63) is 0 Å². The molecule has 0 atom stereocenters. The molecule has 0 N–H and O–H groups in total. The number of Topliss-reactive ketones (excluding diaryl/α,β-unsaturated/α-hetero) is 1. The minimum atomic E-state index is -0.0276. The molecule has 0 radical (unpaired) electrons. The lowest BCUT2D eigenvalue weighted by atomic mass is 9.91. The van der Waals surface area contributed by atoms with Gasteiger partial charge in [-0.25, -0.2) is 0 Å². The molecule has 0 amide bonds. The average Bonchev–Trinajstić information content (AvgIpc) is 2.90. The number of hydrogen-bond acceptors (Lipinski definition) is 3. The molecule has 0 aliphatic carbocycles. The maximum atomic E-state index is 12.1. The quantitative estimate of drug-likeness (QED) is 0.0695. The molecule has 0 aromatic rings. The maximum Gasteiger partial charge on any atom is 0.305 e. The summed E-state index contributed by atoms with van der Waals surface area (Å²) in [5.74, 6) is 1.29. The molecule has 0 unspecified atom stereocenters. The van der Waals surface area contributed by atoms with Gasteiger partial charge >= 0.3 is 5.97 Å². The predicted octanol–water partition coefficient (Wildman–Crippen LogP) is 11.3. The highest BCUT2D eigenvalue weighted by Gasteiger charge is 2.09. The number of esters is 1. The first-order valence-corrected chi connectivity index (χ1v) is 16.8. The van der Waals surface area contributed by atoms with Crippen molar-refractivity contribution in [2.45, 2.75) is 194 Å². The fourth-order valence-corrected chi connectivity index (χ4v) is 5.27. The van der Waals surface area contributed by atoms with Crippen LogP contribution in [0, 0.1) is 5.92 Å². The number of hydrogen-bond donors (Lipinski definition) is 0. The molecule has 0 aromatic carbocycles. The molecule has 37 heavy (non-hydrogen) atoms. The summed E-state index contributed by atoms with van der Waals surface area (Å²) >= 11 is 0. The van der Waals surface area contributed by atoms with Gasteiger partial charge in [-0.05, 0) is 38.0 Å². The second-order valence-corrected chi connectivity index (χ2v) is 11.6. The third-order valence-corrected chi connectivity index (χ3v) is 7.85. The summed E-state index contributed by atoms with van der Waals surface area (Å²) in [4.78, 5) is 24.0. The molecular weight excluding hydrogens is 456 g/mol. The number of rotatable bonds is 30. The first kappa shape index (κ1) is 36.1. The SMILES string of the molecule is CCCCCCCCCCCCC(=O)CCCCCCCC(=O)OCCCCC(CCCC)CCCC. The maximum absolute atomic E-state index is 12.1. The summed E-state index contributed by atoms with van der Waals surface area (Å²) in [6.45, 7) is 7.41. The normalized spacial score (nSPS) is 11.4. The Labute approximate surface area is 232 Å². The molecule has 0 saturated heterocycles. The summed E-state index contributed by atoms with van der Waals surface area (Å²) in [7, 11) is 0. The van der Waals surface area contributed by atoms with Crippen molar-refractivity contribution >= 4 is 11.8 Å². The van der Waals surface area contributed by atoms with E-state index in [1.807, 2.05) is 0 Å². The molecule has 0 fully saturated rings. The van der Waals surface area contributed by atoms with Crippen LogP contribution in [-0.4, -0.2) is 18.4 Å². The van der Waals surface area contributed by atoms with Gasteiger partial charge in [0, 0.05) is 19.3 Å². The Morgan fingerprint density at radius 2 is 0.865 bits per heavy atom. The minimum Gasteiger partial charge on any atom is -0.466 e. The van der Waals surface area contributed by atoms with Crippen LogP contribution < -0.4 is 0 Å². The second-order valence-electron chi connectivity index (χ2n) is 11.6. The largest absolute Gasteiger partial charge is 0.466 e. The number of ketones is 1. The van der Waals surface area contributed by atoms with Crippen LogP contribution in [0.2, 0.25) is 0 Å².